The lowest BCUT2D eigenvalue weighted by Crippen LogP contribution is -2.48. The van der Waals surface area contributed by atoms with Gasteiger partial charge in [-0.1, -0.05) is 13.0 Å². The summed E-state index contributed by atoms with van der Waals surface area (Å²) >= 11 is 0. The number of hydrogen-bond acceptors (Lipinski definition) is 3. The third-order valence-electron chi connectivity index (χ3n) is 4.30. The lowest BCUT2D eigenvalue weighted by molar-refractivity contribution is -0.0647. The van der Waals surface area contributed by atoms with E-state index in [4.69, 9.17) is 9.47 Å². The van der Waals surface area contributed by atoms with Gasteiger partial charge in [-0.3, -0.25) is 0 Å². The summed E-state index contributed by atoms with van der Waals surface area (Å²) in [5.74, 6) is 0.467. The molecule has 20 heavy (non-hydrogen) atoms. The molecule has 1 aromatic carbocycles. The highest BCUT2D eigenvalue weighted by Crippen LogP contribution is 2.44. The molecule has 0 aromatic heterocycles. The minimum atomic E-state index is -0.234. The van der Waals surface area contributed by atoms with Gasteiger partial charge in [0.2, 0.25) is 0 Å². The van der Waals surface area contributed by atoms with Gasteiger partial charge >= 0.3 is 0 Å². The lowest BCUT2D eigenvalue weighted by atomic mass is 9.82. The molecule has 0 bridgehead atoms. The highest BCUT2D eigenvalue weighted by atomic mass is 19.1. The van der Waals surface area contributed by atoms with Crippen LogP contribution in [0.15, 0.2) is 18.2 Å². The molecule has 1 saturated heterocycles. The zero-order valence-electron chi connectivity index (χ0n) is 12.0. The minimum absolute atomic E-state index is 0.190. The predicted octanol–water partition coefficient (Wildman–Crippen LogP) is 3.20. The van der Waals surface area contributed by atoms with Crippen molar-refractivity contribution < 1.29 is 13.9 Å². The molecule has 2 aliphatic rings. The summed E-state index contributed by atoms with van der Waals surface area (Å²) < 4.78 is 25.1. The van der Waals surface area contributed by atoms with Crippen LogP contribution in [0.5, 0.6) is 5.75 Å². The van der Waals surface area contributed by atoms with E-state index in [9.17, 15) is 4.39 Å². The lowest BCUT2D eigenvalue weighted by Gasteiger charge is -2.44. The van der Waals surface area contributed by atoms with E-state index in [2.05, 4.69) is 12.2 Å². The third kappa shape index (κ3) is 2.67. The van der Waals surface area contributed by atoms with Crippen LogP contribution in [0.1, 0.15) is 44.2 Å². The Hall–Kier alpha value is -1.13. The second-order valence-corrected chi connectivity index (χ2v) is 5.79. The molecule has 1 aromatic rings. The molecule has 0 radical (unpaired) electrons. The Labute approximate surface area is 119 Å². The fraction of sp³-hybridized carbons (Fsp3) is 0.625. The first-order chi connectivity index (χ1) is 9.72. The molecular weight excluding hydrogens is 257 g/mol. The van der Waals surface area contributed by atoms with Crippen LogP contribution >= 0.6 is 0 Å². The van der Waals surface area contributed by atoms with Crippen LogP contribution in [0.4, 0.5) is 4.39 Å². The van der Waals surface area contributed by atoms with E-state index in [1.807, 2.05) is 6.07 Å². The second kappa shape index (κ2) is 5.70. The summed E-state index contributed by atoms with van der Waals surface area (Å²) in [6.45, 7) is 4.58. The highest BCUT2D eigenvalue weighted by molar-refractivity contribution is 5.39. The number of benzene rings is 1. The van der Waals surface area contributed by atoms with E-state index in [0.717, 1.165) is 51.0 Å². The molecular formula is C16H22FNO2. The molecule has 1 fully saturated rings. The molecule has 1 N–H and O–H groups in total. The molecule has 1 atom stereocenters. The standard InChI is InChI=1S/C16H22FNO2/c1-2-7-18-14-11-16(5-8-19-9-6-16)20-15-10-12(17)3-4-13(14)15/h3-4,10,14,18H,2,5-9,11H2,1H3. The molecule has 4 heteroatoms. The molecule has 110 valence electrons. The van der Waals surface area contributed by atoms with E-state index in [-0.39, 0.29) is 17.5 Å². The first-order valence-electron chi connectivity index (χ1n) is 7.52. The maximum absolute atomic E-state index is 13.5. The van der Waals surface area contributed by atoms with Crippen molar-refractivity contribution in [1.82, 2.24) is 5.32 Å². The molecule has 1 unspecified atom stereocenters. The van der Waals surface area contributed by atoms with Gasteiger partial charge in [0.15, 0.2) is 0 Å². The Kier molecular flexibility index (Phi) is 3.94. The molecule has 3 nitrogen and oxygen atoms in total. The van der Waals surface area contributed by atoms with Crippen molar-refractivity contribution in [3.05, 3.63) is 29.6 Å². The maximum atomic E-state index is 13.5. The molecule has 2 heterocycles. The van der Waals surface area contributed by atoms with E-state index < -0.39 is 0 Å². The maximum Gasteiger partial charge on any atom is 0.127 e. The van der Waals surface area contributed by atoms with Crippen LogP contribution in [0, 0.1) is 5.82 Å². The molecule has 0 aliphatic carbocycles. The Bertz CT molecular complexity index is 472. The van der Waals surface area contributed by atoms with Crippen molar-refractivity contribution in [2.45, 2.75) is 44.2 Å². The Morgan fingerprint density at radius 1 is 1.35 bits per heavy atom. The predicted molar refractivity (Wildman–Crippen MR) is 75.5 cm³/mol. The van der Waals surface area contributed by atoms with Gasteiger partial charge in [-0.25, -0.2) is 4.39 Å². The highest BCUT2D eigenvalue weighted by Gasteiger charge is 2.42. The van der Waals surface area contributed by atoms with Crippen LogP contribution in [0.2, 0.25) is 0 Å². The first-order valence-corrected chi connectivity index (χ1v) is 7.52. The largest absolute Gasteiger partial charge is 0.487 e. The first kappa shape index (κ1) is 13.8. The zero-order chi connectivity index (χ0) is 14.0. The average molecular weight is 279 g/mol. The Morgan fingerprint density at radius 3 is 2.90 bits per heavy atom. The van der Waals surface area contributed by atoms with Gasteiger partial charge in [-0.2, -0.15) is 0 Å². The fourth-order valence-corrected chi connectivity index (χ4v) is 3.19. The summed E-state index contributed by atoms with van der Waals surface area (Å²) in [7, 11) is 0. The number of halogens is 1. The molecule has 0 amide bonds. The fourth-order valence-electron chi connectivity index (χ4n) is 3.19. The van der Waals surface area contributed by atoms with Gasteiger partial charge in [0.1, 0.15) is 17.2 Å². The second-order valence-electron chi connectivity index (χ2n) is 5.79. The summed E-state index contributed by atoms with van der Waals surface area (Å²) in [6, 6.07) is 5.14. The normalized spacial score (nSPS) is 24.2. The molecule has 0 saturated carbocycles. The van der Waals surface area contributed by atoms with E-state index in [1.165, 1.54) is 12.1 Å². The van der Waals surface area contributed by atoms with Gasteiger partial charge < -0.3 is 14.8 Å². The number of hydrogen-bond donors (Lipinski definition) is 1. The van der Waals surface area contributed by atoms with Crippen molar-refractivity contribution in [3.8, 4) is 5.75 Å². The van der Waals surface area contributed by atoms with Crippen LogP contribution in [-0.4, -0.2) is 25.4 Å². The smallest absolute Gasteiger partial charge is 0.127 e. The number of ether oxygens (including phenoxy) is 2. The van der Waals surface area contributed by atoms with Gasteiger partial charge in [0.05, 0.1) is 13.2 Å². The molecule has 1 spiro atoms. The third-order valence-corrected chi connectivity index (χ3v) is 4.30. The van der Waals surface area contributed by atoms with Crippen LogP contribution in [-0.2, 0) is 4.74 Å². The summed E-state index contributed by atoms with van der Waals surface area (Å²) in [4.78, 5) is 0. The Morgan fingerprint density at radius 2 is 2.15 bits per heavy atom. The van der Waals surface area contributed by atoms with Crippen molar-refractivity contribution in [3.63, 3.8) is 0 Å². The SMILES string of the molecule is CCCNC1CC2(CCOCC2)Oc2cc(F)ccc21. The van der Waals surface area contributed by atoms with Gasteiger partial charge in [0.25, 0.3) is 0 Å². The Balaban J connectivity index is 1.90. The molecule has 2 aliphatic heterocycles. The number of nitrogens with one attached hydrogen (secondary N) is 1. The van der Waals surface area contributed by atoms with Gasteiger partial charge in [0, 0.05) is 36.9 Å². The zero-order valence-corrected chi connectivity index (χ0v) is 12.0. The van der Waals surface area contributed by atoms with Crippen molar-refractivity contribution >= 4 is 0 Å². The van der Waals surface area contributed by atoms with E-state index >= 15 is 0 Å². The van der Waals surface area contributed by atoms with E-state index in [0.29, 0.717) is 5.75 Å². The summed E-state index contributed by atoms with van der Waals surface area (Å²) in [5, 5.41) is 3.58. The summed E-state index contributed by atoms with van der Waals surface area (Å²) in [6.07, 6.45) is 3.79. The quantitative estimate of drug-likeness (QED) is 0.921. The summed E-state index contributed by atoms with van der Waals surface area (Å²) in [5.41, 5.74) is 0.890. The van der Waals surface area contributed by atoms with Crippen molar-refractivity contribution in [2.75, 3.05) is 19.8 Å². The van der Waals surface area contributed by atoms with Crippen molar-refractivity contribution in [1.29, 1.82) is 0 Å². The van der Waals surface area contributed by atoms with Gasteiger partial charge in [-0.15, -0.1) is 0 Å². The van der Waals surface area contributed by atoms with E-state index in [1.54, 1.807) is 0 Å². The molecule has 3 rings (SSSR count). The van der Waals surface area contributed by atoms with Gasteiger partial charge in [-0.05, 0) is 19.0 Å². The monoisotopic (exact) mass is 279 g/mol. The topological polar surface area (TPSA) is 30.5 Å². The number of fused-ring (bicyclic) bond motifs is 1. The number of rotatable bonds is 3. The van der Waals surface area contributed by atoms with Crippen molar-refractivity contribution in [2.24, 2.45) is 0 Å². The van der Waals surface area contributed by atoms with Crippen LogP contribution < -0.4 is 10.1 Å². The minimum Gasteiger partial charge on any atom is -0.487 e. The van der Waals surface area contributed by atoms with Crippen LogP contribution in [0.25, 0.3) is 0 Å². The average Bonchev–Trinajstić information content (AvgIpc) is 2.45. The van der Waals surface area contributed by atoms with Crippen LogP contribution in [0.3, 0.4) is 0 Å².